The number of aryl methyl sites for hydroxylation is 1. The Morgan fingerprint density at radius 3 is 2.41 bits per heavy atom. The third kappa shape index (κ3) is 3.29. The van der Waals surface area contributed by atoms with E-state index in [2.05, 4.69) is 5.10 Å². The molecule has 0 aliphatic carbocycles. The molecule has 0 spiro atoms. The zero-order valence-electron chi connectivity index (χ0n) is 19.4. The molecule has 37 heavy (non-hydrogen) atoms. The highest BCUT2D eigenvalue weighted by atomic mass is 19.1. The Kier molecular flexibility index (Phi) is 5.01. The Morgan fingerprint density at radius 2 is 1.70 bits per heavy atom. The normalized spacial score (nSPS) is 23.6. The van der Waals surface area contributed by atoms with E-state index in [0.29, 0.717) is 5.56 Å². The molecule has 0 aromatic heterocycles. The van der Waals surface area contributed by atoms with Crippen LogP contribution in [0.1, 0.15) is 33.1 Å². The van der Waals surface area contributed by atoms with E-state index in [1.165, 1.54) is 47.5 Å². The van der Waals surface area contributed by atoms with Crippen LogP contribution < -0.4 is 4.90 Å². The summed E-state index contributed by atoms with van der Waals surface area (Å²) < 4.78 is 13.6. The Hall–Kier alpha value is -4.73. The van der Waals surface area contributed by atoms with Crippen molar-refractivity contribution >= 4 is 35.2 Å². The summed E-state index contributed by atoms with van der Waals surface area (Å²) in [5.41, 5.74) is 2.21. The number of hydrazone groups is 1. The van der Waals surface area contributed by atoms with Gasteiger partial charge in [0.15, 0.2) is 5.78 Å². The van der Waals surface area contributed by atoms with Crippen LogP contribution in [-0.2, 0) is 9.59 Å². The van der Waals surface area contributed by atoms with E-state index in [0.717, 1.165) is 16.0 Å². The van der Waals surface area contributed by atoms with E-state index in [1.54, 1.807) is 13.1 Å². The molecule has 3 aromatic carbocycles. The number of imide groups is 1. The highest BCUT2D eigenvalue weighted by Gasteiger charge is 2.65. The smallest absolute Gasteiger partial charge is 0.269 e. The van der Waals surface area contributed by atoms with Gasteiger partial charge in [-0.25, -0.2) is 9.29 Å². The van der Waals surface area contributed by atoms with Crippen LogP contribution in [0, 0.1) is 34.7 Å². The number of amides is 2. The van der Waals surface area contributed by atoms with Crippen LogP contribution in [0.15, 0.2) is 71.8 Å². The van der Waals surface area contributed by atoms with Crippen molar-refractivity contribution in [3.8, 4) is 0 Å². The van der Waals surface area contributed by atoms with Crippen LogP contribution in [0.3, 0.4) is 0 Å². The fraction of sp³-hybridized carbons (Fsp3) is 0.185. The maximum Gasteiger partial charge on any atom is 0.269 e. The lowest BCUT2D eigenvalue weighted by Gasteiger charge is -2.34. The molecule has 2 saturated heterocycles. The maximum absolute atomic E-state index is 13.9. The van der Waals surface area contributed by atoms with Gasteiger partial charge in [-0.05, 0) is 53.9 Å². The summed E-state index contributed by atoms with van der Waals surface area (Å²) in [6.45, 7) is 1.59. The number of nitro benzene ring substituents is 1. The number of Topliss-reactive ketones (excluding diaryl/α,β-unsaturated/α-hetero) is 1. The number of nitrogens with zero attached hydrogens (tertiary/aromatic N) is 4. The van der Waals surface area contributed by atoms with Gasteiger partial charge in [0, 0.05) is 17.7 Å². The van der Waals surface area contributed by atoms with E-state index in [1.807, 2.05) is 24.3 Å². The minimum absolute atomic E-state index is 0.161. The first kappa shape index (κ1) is 22.7. The summed E-state index contributed by atoms with van der Waals surface area (Å²) in [4.78, 5) is 53.3. The number of non-ortho nitro benzene ring substituents is 1. The van der Waals surface area contributed by atoms with E-state index in [-0.39, 0.29) is 16.9 Å². The Labute approximate surface area is 210 Å². The zero-order valence-corrected chi connectivity index (χ0v) is 19.4. The van der Waals surface area contributed by atoms with E-state index >= 15 is 0 Å². The molecule has 2 fully saturated rings. The molecule has 6 rings (SSSR count). The highest BCUT2D eigenvalue weighted by molar-refractivity contribution is 6.25. The Morgan fingerprint density at radius 1 is 1.00 bits per heavy atom. The van der Waals surface area contributed by atoms with Gasteiger partial charge in [0.2, 0.25) is 11.8 Å². The Balaban J connectivity index is 1.49. The number of nitro groups is 1. The number of hydrogen-bond donors (Lipinski definition) is 0. The van der Waals surface area contributed by atoms with Crippen molar-refractivity contribution in [2.24, 2.45) is 16.9 Å². The summed E-state index contributed by atoms with van der Waals surface area (Å²) in [5, 5.41) is 17.2. The molecule has 9 nitrogen and oxygen atoms in total. The van der Waals surface area contributed by atoms with Gasteiger partial charge in [-0.3, -0.25) is 29.5 Å². The summed E-state index contributed by atoms with van der Waals surface area (Å²) in [5.74, 6) is -3.98. The quantitative estimate of drug-likeness (QED) is 0.234. The first-order valence-corrected chi connectivity index (χ1v) is 11.6. The minimum Gasteiger partial charge on any atom is -0.292 e. The Bertz CT molecular complexity index is 1540. The number of carbonyl (C=O) groups is 3. The third-order valence-electron chi connectivity index (χ3n) is 7.32. The van der Waals surface area contributed by atoms with Crippen molar-refractivity contribution < 1.29 is 23.7 Å². The van der Waals surface area contributed by atoms with Crippen LogP contribution in [0.2, 0.25) is 0 Å². The predicted molar refractivity (Wildman–Crippen MR) is 130 cm³/mol. The molecular weight excluding hydrogens is 479 g/mol. The van der Waals surface area contributed by atoms with Crippen LogP contribution in [0.5, 0.6) is 0 Å². The van der Waals surface area contributed by atoms with Crippen molar-refractivity contribution in [2.45, 2.75) is 19.0 Å². The molecule has 2 amide bonds. The fourth-order valence-corrected chi connectivity index (χ4v) is 5.69. The second kappa shape index (κ2) is 8.16. The highest BCUT2D eigenvalue weighted by Crippen LogP contribution is 2.53. The molecule has 3 aliphatic heterocycles. The number of rotatable bonds is 4. The number of hydrogen-bond acceptors (Lipinski definition) is 7. The fourth-order valence-electron chi connectivity index (χ4n) is 5.69. The van der Waals surface area contributed by atoms with Gasteiger partial charge >= 0.3 is 0 Å². The average Bonchev–Trinajstić information content (AvgIpc) is 3.36. The van der Waals surface area contributed by atoms with E-state index < -0.39 is 52.3 Å². The second-order valence-corrected chi connectivity index (χ2v) is 9.31. The van der Waals surface area contributed by atoms with Gasteiger partial charge in [0.25, 0.3) is 5.69 Å². The average molecular weight is 498 g/mol. The summed E-state index contributed by atoms with van der Waals surface area (Å²) in [6.07, 6.45) is 1.60. The first-order valence-electron chi connectivity index (χ1n) is 11.6. The topological polar surface area (TPSA) is 113 Å². The SMILES string of the molecule is Cc1cc([N+](=O)[O-])ccc1N1C(=O)[C@@H]2[C@H](C1=O)[C@H]1c3ccccc3C=NN1[C@@H]2C(=O)c1ccc(F)cc1. The molecule has 3 aromatic rings. The van der Waals surface area contributed by atoms with Gasteiger partial charge in [0.05, 0.1) is 34.7 Å². The van der Waals surface area contributed by atoms with Gasteiger partial charge in [-0.15, -0.1) is 0 Å². The molecule has 3 aliphatic rings. The van der Waals surface area contributed by atoms with Crippen molar-refractivity contribution in [1.82, 2.24) is 5.01 Å². The van der Waals surface area contributed by atoms with Crippen molar-refractivity contribution in [1.29, 1.82) is 0 Å². The van der Waals surface area contributed by atoms with Crippen molar-refractivity contribution in [2.75, 3.05) is 4.90 Å². The monoisotopic (exact) mass is 498 g/mol. The van der Waals surface area contributed by atoms with Crippen LogP contribution in [-0.4, -0.2) is 39.8 Å². The summed E-state index contributed by atoms with van der Waals surface area (Å²) in [7, 11) is 0. The number of carbonyl (C=O) groups excluding carboxylic acids is 3. The molecular formula is C27H19FN4O5. The lowest BCUT2D eigenvalue weighted by molar-refractivity contribution is -0.384. The van der Waals surface area contributed by atoms with E-state index in [9.17, 15) is 28.9 Å². The number of halogens is 1. The molecule has 0 unspecified atom stereocenters. The molecule has 0 N–H and O–H groups in total. The molecule has 3 heterocycles. The molecule has 4 atom stereocenters. The number of benzene rings is 3. The largest absolute Gasteiger partial charge is 0.292 e. The summed E-state index contributed by atoms with van der Waals surface area (Å²) >= 11 is 0. The van der Waals surface area contributed by atoms with Gasteiger partial charge < -0.3 is 0 Å². The van der Waals surface area contributed by atoms with Crippen LogP contribution in [0.25, 0.3) is 0 Å². The lowest BCUT2D eigenvalue weighted by Crippen LogP contribution is -2.44. The lowest BCUT2D eigenvalue weighted by atomic mass is 9.83. The van der Waals surface area contributed by atoms with Gasteiger partial charge in [-0.1, -0.05) is 24.3 Å². The molecule has 184 valence electrons. The molecule has 0 saturated carbocycles. The number of ketones is 1. The molecule has 10 heteroatoms. The summed E-state index contributed by atoms with van der Waals surface area (Å²) in [6, 6.07) is 14.5. The van der Waals surface area contributed by atoms with E-state index in [4.69, 9.17) is 0 Å². The van der Waals surface area contributed by atoms with Gasteiger partial charge in [-0.2, -0.15) is 5.10 Å². The second-order valence-electron chi connectivity index (χ2n) is 9.31. The first-order chi connectivity index (χ1) is 17.8. The van der Waals surface area contributed by atoms with Crippen LogP contribution in [0.4, 0.5) is 15.8 Å². The standard InChI is InChI=1S/C27H19FN4O5/c1-14-12-18(32(36)37)10-11-20(14)30-26(34)21-22(27(30)35)24(25(33)15-6-8-17(28)9-7-15)31-23(21)19-5-3-2-4-16(19)13-29-31/h2-13,21-24H,1H3/t21-,22+,23+,24-/m0/s1. The number of fused-ring (bicyclic) bond motifs is 5. The molecule has 0 bridgehead atoms. The van der Waals surface area contributed by atoms with Crippen molar-refractivity contribution in [3.63, 3.8) is 0 Å². The predicted octanol–water partition coefficient (Wildman–Crippen LogP) is 3.80. The minimum atomic E-state index is -1.09. The van der Waals surface area contributed by atoms with Gasteiger partial charge in [0.1, 0.15) is 11.9 Å². The zero-order chi connectivity index (χ0) is 26.0. The number of anilines is 1. The maximum atomic E-state index is 13.9. The van der Waals surface area contributed by atoms with Crippen LogP contribution >= 0.6 is 0 Å². The third-order valence-corrected chi connectivity index (χ3v) is 7.32. The molecule has 0 radical (unpaired) electrons. The van der Waals surface area contributed by atoms with Crippen molar-refractivity contribution in [3.05, 3.63) is 105 Å².